The SMILES string of the molecule is Cc1cc(CN(C)C(=O)c2ccc(S(=O)(=O)NC(C)C)cc2)no1. The molecular formula is C16H21N3O4S. The predicted octanol–water partition coefficient (Wildman–Crippen LogP) is 1.94. The molecule has 0 spiro atoms. The van der Waals surface area contributed by atoms with Gasteiger partial charge in [-0.15, -0.1) is 0 Å². The number of sulfonamides is 1. The van der Waals surface area contributed by atoms with Gasteiger partial charge < -0.3 is 9.42 Å². The summed E-state index contributed by atoms with van der Waals surface area (Å²) in [6.07, 6.45) is 0. The Kier molecular flexibility index (Phi) is 5.40. The molecule has 8 heteroatoms. The van der Waals surface area contributed by atoms with E-state index in [9.17, 15) is 13.2 Å². The van der Waals surface area contributed by atoms with Crippen LogP contribution in [-0.2, 0) is 16.6 Å². The number of hydrogen-bond donors (Lipinski definition) is 1. The van der Waals surface area contributed by atoms with Crippen LogP contribution in [0.2, 0.25) is 0 Å². The van der Waals surface area contributed by atoms with Crippen molar-refractivity contribution in [3.8, 4) is 0 Å². The molecule has 2 aromatic rings. The number of nitrogens with one attached hydrogen (secondary N) is 1. The van der Waals surface area contributed by atoms with Crippen LogP contribution >= 0.6 is 0 Å². The van der Waals surface area contributed by atoms with E-state index in [-0.39, 0.29) is 16.8 Å². The first-order chi connectivity index (χ1) is 11.2. The Morgan fingerprint density at radius 2 is 1.92 bits per heavy atom. The first-order valence-corrected chi connectivity index (χ1v) is 8.97. The highest BCUT2D eigenvalue weighted by Crippen LogP contribution is 2.14. The van der Waals surface area contributed by atoms with Crippen molar-refractivity contribution in [2.75, 3.05) is 7.05 Å². The fourth-order valence-corrected chi connectivity index (χ4v) is 3.43. The van der Waals surface area contributed by atoms with Gasteiger partial charge in [-0.1, -0.05) is 5.16 Å². The zero-order valence-corrected chi connectivity index (χ0v) is 14.9. The average Bonchev–Trinajstić information content (AvgIpc) is 2.90. The van der Waals surface area contributed by atoms with Gasteiger partial charge in [-0.05, 0) is 45.0 Å². The van der Waals surface area contributed by atoms with Crippen molar-refractivity contribution in [2.45, 2.75) is 38.3 Å². The van der Waals surface area contributed by atoms with E-state index in [0.717, 1.165) is 0 Å². The molecule has 0 aliphatic carbocycles. The van der Waals surface area contributed by atoms with E-state index in [1.165, 1.54) is 29.2 Å². The lowest BCUT2D eigenvalue weighted by atomic mass is 10.2. The molecule has 130 valence electrons. The molecule has 24 heavy (non-hydrogen) atoms. The van der Waals surface area contributed by atoms with Crippen LogP contribution in [0.25, 0.3) is 0 Å². The van der Waals surface area contributed by atoms with Gasteiger partial charge in [0.05, 0.1) is 11.4 Å². The van der Waals surface area contributed by atoms with Crippen molar-refractivity contribution in [3.63, 3.8) is 0 Å². The second kappa shape index (κ2) is 7.14. The van der Waals surface area contributed by atoms with Gasteiger partial charge in [0, 0.05) is 24.7 Å². The number of nitrogens with zero attached hydrogens (tertiary/aromatic N) is 2. The van der Waals surface area contributed by atoms with E-state index in [2.05, 4.69) is 9.88 Å². The Balaban J connectivity index is 2.10. The number of aromatic nitrogens is 1. The number of carbonyl (C=O) groups is 1. The molecule has 1 amide bonds. The predicted molar refractivity (Wildman–Crippen MR) is 88.9 cm³/mol. The lowest BCUT2D eigenvalue weighted by Gasteiger charge is -2.16. The Morgan fingerprint density at radius 3 is 2.42 bits per heavy atom. The molecule has 1 aromatic carbocycles. The van der Waals surface area contributed by atoms with E-state index >= 15 is 0 Å². The summed E-state index contributed by atoms with van der Waals surface area (Å²) < 4.78 is 31.6. The number of amides is 1. The quantitative estimate of drug-likeness (QED) is 0.858. The summed E-state index contributed by atoms with van der Waals surface area (Å²) in [5.74, 6) is 0.453. The minimum Gasteiger partial charge on any atom is -0.361 e. The molecular weight excluding hydrogens is 330 g/mol. The maximum atomic E-state index is 12.4. The summed E-state index contributed by atoms with van der Waals surface area (Å²) in [5.41, 5.74) is 1.06. The van der Waals surface area contributed by atoms with E-state index in [1.807, 2.05) is 0 Å². The third-order valence-electron chi connectivity index (χ3n) is 3.23. The number of carbonyl (C=O) groups excluding carboxylic acids is 1. The first-order valence-electron chi connectivity index (χ1n) is 7.49. The zero-order valence-electron chi connectivity index (χ0n) is 14.1. The summed E-state index contributed by atoms with van der Waals surface area (Å²) in [6.45, 7) is 5.58. The molecule has 0 aliphatic rings. The van der Waals surface area contributed by atoms with Crippen LogP contribution < -0.4 is 4.72 Å². The van der Waals surface area contributed by atoms with Gasteiger partial charge in [-0.25, -0.2) is 13.1 Å². The normalized spacial score (nSPS) is 11.7. The fourth-order valence-electron chi connectivity index (χ4n) is 2.18. The van der Waals surface area contributed by atoms with Crippen molar-refractivity contribution >= 4 is 15.9 Å². The van der Waals surface area contributed by atoms with E-state index in [1.54, 1.807) is 33.9 Å². The Bertz CT molecular complexity index is 810. The number of hydrogen-bond acceptors (Lipinski definition) is 5. The maximum absolute atomic E-state index is 12.4. The molecule has 1 heterocycles. The van der Waals surface area contributed by atoms with Crippen LogP contribution in [0.5, 0.6) is 0 Å². The van der Waals surface area contributed by atoms with Crippen LogP contribution in [0.4, 0.5) is 0 Å². The van der Waals surface area contributed by atoms with Crippen LogP contribution in [0.15, 0.2) is 39.8 Å². The zero-order chi connectivity index (χ0) is 17.9. The van der Waals surface area contributed by atoms with Crippen molar-refractivity contribution < 1.29 is 17.7 Å². The Morgan fingerprint density at radius 1 is 1.29 bits per heavy atom. The monoisotopic (exact) mass is 351 g/mol. The first kappa shape index (κ1) is 18.2. The van der Waals surface area contributed by atoms with E-state index in [4.69, 9.17) is 4.52 Å². The molecule has 0 bridgehead atoms. The molecule has 0 unspecified atom stereocenters. The molecule has 1 N–H and O–H groups in total. The third-order valence-corrected chi connectivity index (χ3v) is 4.90. The van der Waals surface area contributed by atoms with Gasteiger partial charge in [0.15, 0.2) is 0 Å². The molecule has 0 aliphatic heterocycles. The highest BCUT2D eigenvalue weighted by atomic mass is 32.2. The lowest BCUT2D eigenvalue weighted by molar-refractivity contribution is 0.0782. The minimum atomic E-state index is -3.57. The van der Waals surface area contributed by atoms with Gasteiger partial charge in [0.25, 0.3) is 5.91 Å². The molecule has 1 aromatic heterocycles. The maximum Gasteiger partial charge on any atom is 0.253 e. The molecule has 0 radical (unpaired) electrons. The summed E-state index contributed by atoms with van der Waals surface area (Å²) in [7, 11) is -1.92. The molecule has 0 atom stereocenters. The van der Waals surface area contributed by atoms with Crippen LogP contribution in [0.3, 0.4) is 0 Å². The van der Waals surface area contributed by atoms with E-state index in [0.29, 0.717) is 23.6 Å². The van der Waals surface area contributed by atoms with Crippen molar-refractivity contribution in [1.29, 1.82) is 0 Å². The van der Waals surface area contributed by atoms with Crippen molar-refractivity contribution in [1.82, 2.24) is 14.8 Å². The number of benzene rings is 1. The van der Waals surface area contributed by atoms with Gasteiger partial charge in [-0.3, -0.25) is 4.79 Å². The standard InChI is InChI=1S/C16H21N3O4S/c1-11(2)18-24(21,22)15-7-5-13(6-8-15)16(20)19(4)10-14-9-12(3)23-17-14/h5-9,11,18H,10H2,1-4H3. The minimum absolute atomic E-state index is 0.127. The smallest absolute Gasteiger partial charge is 0.253 e. The molecule has 7 nitrogen and oxygen atoms in total. The summed E-state index contributed by atoms with van der Waals surface area (Å²) in [4.78, 5) is 14.0. The van der Waals surface area contributed by atoms with E-state index < -0.39 is 10.0 Å². The number of aryl methyl sites for hydroxylation is 1. The molecule has 2 rings (SSSR count). The highest BCUT2D eigenvalue weighted by Gasteiger charge is 2.18. The van der Waals surface area contributed by atoms with Crippen LogP contribution in [0, 0.1) is 6.92 Å². The average molecular weight is 351 g/mol. The van der Waals surface area contributed by atoms with Gasteiger partial charge in [-0.2, -0.15) is 0 Å². The van der Waals surface area contributed by atoms with Crippen molar-refractivity contribution in [2.24, 2.45) is 0 Å². The highest BCUT2D eigenvalue weighted by molar-refractivity contribution is 7.89. The number of rotatable bonds is 6. The largest absolute Gasteiger partial charge is 0.361 e. The topological polar surface area (TPSA) is 92.5 Å². The fraction of sp³-hybridized carbons (Fsp3) is 0.375. The Hall–Kier alpha value is -2.19. The van der Waals surface area contributed by atoms with Crippen molar-refractivity contribution in [3.05, 3.63) is 47.3 Å². The molecule has 0 fully saturated rings. The lowest BCUT2D eigenvalue weighted by Crippen LogP contribution is -2.30. The third kappa shape index (κ3) is 4.42. The van der Waals surface area contributed by atoms with Gasteiger partial charge >= 0.3 is 0 Å². The van der Waals surface area contributed by atoms with Crippen LogP contribution in [-0.4, -0.2) is 37.5 Å². The van der Waals surface area contributed by atoms with Gasteiger partial charge in [0.1, 0.15) is 11.5 Å². The van der Waals surface area contributed by atoms with Gasteiger partial charge in [0.2, 0.25) is 10.0 Å². The second-order valence-electron chi connectivity index (χ2n) is 5.89. The summed E-state index contributed by atoms with van der Waals surface area (Å²) in [6, 6.07) is 7.41. The van der Waals surface area contributed by atoms with Crippen LogP contribution in [0.1, 0.15) is 35.7 Å². The summed E-state index contributed by atoms with van der Waals surface area (Å²) in [5, 5.41) is 3.85. The molecule has 0 saturated carbocycles. The Labute approximate surface area is 141 Å². The summed E-state index contributed by atoms with van der Waals surface area (Å²) >= 11 is 0. The molecule has 0 saturated heterocycles. The second-order valence-corrected chi connectivity index (χ2v) is 7.60.